The van der Waals surface area contributed by atoms with Crippen LogP contribution in [0.1, 0.15) is 34.8 Å². The number of rotatable bonds is 3. The molecule has 0 fully saturated rings. The van der Waals surface area contributed by atoms with E-state index in [0.29, 0.717) is 12.0 Å². The molecule has 2 nitrogen and oxygen atoms in total. The molecule has 1 unspecified atom stereocenters. The van der Waals surface area contributed by atoms with E-state index in [1.165, 1.54) is 0 Å². The van der Waals surface area contributed by atoms with Crippen molar-refractivity contribution < 1.29 is 4.79 Å². The fraction of sp³-hybridized carbons (Fsp3) is 0.357. The average molecular weight is 215 g/mol. The van der Waals surface area contributed by atoms with Crippen molar-refractivity contribution in [3.8, 4) is 12.3 Å². The molecule has 0 bridgehead atoms. The van der Waals surface area contributed by atoms with E-state index in [1.807, 2.05) is 39.0 Å². The minimum absolute atomic E-state index is 0.0123. The van der Waals surface area contributed by atoms with Gasteiger partial charge in [-0.2, -0.15) is 0 Å². The Bertz CT molecular complexity index is 409. The Morgan fingerprint density at radius 2 is 1.94 bits per heavy atom. The minimum atomic E-state index is -0.0606. The highest BCUT2D eigenvalue weighted by molar-refractivity contribution is 5.94. The molecule has 1 amide bonds. The van der Waals surface area contributed by atoms with Crippen molar-refractivity contribution >= 4 is 5.91 Å². The van der Waals surface area contributed by atoms with Crippen LogP contribution < -0.4 is 5.32 Å². The van der Waals surface area contributed by atoms with Gasteiger partial charge in [0, 0.05) is 18.0 Å². The molecule has 1 N–H and O–H groups in total. The summed E-state index contributed by atoms with van der Waals surface area (Å²) in [6, 6.07) is 5.82. The monoisotopic (exact) mass is 215 g/mol. The number of terminal acetylenes is 1. The van der Waals surface area contributed by atoms with Gasteiger partial charge >= 0.3 is 0 Å². The molecule has 0 saturated heterocycles. The topological polar surface area (TPSA) is 29.1 Å². The summed E-state index contributed by atoms with van der Waals surface area (Å²) in [6.07, 6.45) is 5.74. The van der Waals surface area contributed by atoms with Crippen LogP contribution in [-0.2, 0) is 0 Å². The van der Waals surface area contributed by atoms with Crippen molar-refractivity contribution in [3.63, 3.8) is 0 Å². The number of carbonyl (C=O) groups is 1. The molecule has 0 saturated carbocycles. The molecular formula is C14H17NO. The van der Waals surface area contributed by atoms with E-state index in [4.69, 9.17) is 6.42 Å². The van der Waals surface area contributed by atoms with E-state index in [1.54, 1.807) is 0 Å². The maximum Gasteiger partial charge on any atom is 0.251 e. The van der Waals surface area contributed by atoms with Gasteiger partial charge in [-0.25, -0.2) is 0 Å². The molecule has 0 heterocycles. The lowest BCUT2D eigenvalue weighted by Crippen LogP contribution is -2.32. The van der Waals surface area contributed by atoms with Crippen LogP contribution in [0.15, 0.2) is 18.2 Å². The summed E-state index contributed by atoms with van der Waals surface area (Å²) in [4.78, 5) is 11.9. The third-order valence-corrected chi connectivity index (χ3v) is 2.29. The van der Waals surface area contributed by atoms with Crippen LogP contribution in [0.25, 0.3) is 0 Å². The summed E-state index contributed by atoms with van der Waals surface area (Å²) in [6.45, 7) is 5.86. The van der Waals surface area contributed by atoms with Crippen LogP contribution in [0, 0.1) is 26.2 Å². The Balaban J connectivity index is 2.77. The molecule has 0 aliphatic carbocycles. The zero-order valence-electron chi connectivity index (χ0n) is 10.0. The lowest BCUT2D eigenvalue weighted by atomic mass is 10.1. The van der Waals surface area contributed by atoms with Crippen LogP contribution in [0.2, 0.25) is 0 Å². The standard InChI is InChI=1S/C14H17NO/c1-5-6-12(4)15-14(16)13-8-10(2)7-11(3)9-13/h1,7-9,12H,6H2,2-4H3,(H,15,16). The average Bonchev–Trinajstić information content (AvgIpc) is 2.16. The molecule has 0 aliphatic heterocycles. The number of amides is 1. The van der Waals surface area contributed by atoms with Crippen LogP contribution in [-0.4, -0.2) is 11.9 Å². The molecule has 0 radical (unpaired) electrons. The van der Waals surface area contributed by atoms with Gasteiger partial charge in [0.15, 0.2) is 0 Å². The van der Waals surface area contributed by atoms with Gasteiger partial charge in [0.05, 0.1) is 0 Å². The van der Waals surface area contributed by atoms with Gasteiger partial charge in [0.1, 0.15) is 0 Å². The Labute approximate surface area is 97.1 Å². The number of nitrogens with one attached hydrogen (secondary N) is 1. The molecule has 16 heavy (non-hydrogen) atoms. The van der Waals surface area contributed by atoms with Crippen molar-refractivity contribution in [2.24, 2.45) is 0 Å². The van der Waals surface area contributed by atoms with E-state index in [0.717, 1.165) is 11.1 Å². The second kappa shape index (κ2) is 5.37. The SMILES string of the molecule is C#CCC(C)NC(=O)c1cc(C)cc(C)c1. The molecule has 0 aromatic heterocycles. The van der Waals surface area contributed by atoms with E-state index < -0.39 is 0 Å². The van der Waals surface area contributed by atoms with Crippen molar-refractivity contribution in [1.82, 2.24) is 5.32 Å². The zero-order chi connectivity index (χ0) is 12.1. The molecule has 1 atom stereocenters. The third kappa shape index (κ3) is 3.43. The Morgan fingerprint density at radius 1 is 1.38 bits per heavy atom. The summed E-state index contributed by atoms with van der Waals surface area (Å²) in [5, 5.41) is 2.87. The fourth-order valence-corrected chi connectivity index (χ4v) is 1.64. The molecular weight excluding hydrogens is 198 g/mol. The maximum atomic E-state index is 11.9. The zero-order valence-corrected chi connectivity index (χ0v) is 10.0. The van der Waals surface area contributed by atoms with E-state index in [9.17, 15) is 4.79 Å². The summed E-state index contributed by atoms with van der Waals surface area (Å²) < 4.78 is 0. The summed E-state index contributed by atoms with van der Waals surface area (Å²) in [5.74, 6) is 2.47. The quantitative estimate of drug-likeness (QED) is 0.771. The largest absolute Gasteiger partial charge is 0.349 e. The molecule has 1 aromatic rings. The van der Waals surface area contributed by atoms with Gasteiger partial charge < -0.3 is 5.32 Å². The smallest absolute Gasteiger partial charge is 0.251 e. The predicted molar refractivity (Wildman–Crippen MR) is 66.3 cm³/mol. The van der Waals surface area contributed by atoms with Gasteiger partial charge in [-0.15, -0.1) is 12.3 Å². The van der Waals surface area contributed by atoms with Gasteiger partial charge in [0.2, 0.25) is 0 Å². The Hall–Kier alpha value is -1.75. The van der Waals surface area contributed by atoms with Crippen LogP contribution in [0.5, 0.6) is 0 Å². The minimum Gasteiger partial charge on any atom is -0.349 e. The van der Waals surface area contributed by atoms with E-state index in [2.05, 4.69) is 11.2 Å². The van der Waals surface area contributed by atoms with Crippen LogP contribution in [0.3, 0.4) is 0 Å². The number of hydrogen-bond donors (Lipinski definition) is 1. The summed E-state index contributed by atoms with van der Waals surface area (Å²) in [5.41, 5.74) is 2.88. The Kier molecular flexibility index (Phi) is 4.13. The second-order valence-electron chi connectivity index (χ2n) is 4.16. The summed E-state index contributed by atoms with van der Waals surface area (Å²) in [7, 11) is 0. The first-order chi connectivity index (χ1) is 7.52. The lowest BCUT2D eigenvalue weighted by molar-refractivity contribution is 0.0940. The van der Waals surface area contributed by atoms with Crippen molar-refractivity contribution in [1.29, 1.82) is 0 Å². The highest BCUT2D eigenvalue weighted by atomic mass is 16.1. The first-order valence-electron chi connectivity index (χ1n) is 5.35. The van der Waals surface area contributed by atoms with Crippen molar-refractivity contribution in [3.05, 3.63) is 34.9 Å². The lowest BCUT2D eigenvalue weighted by Gasteiger charge is -2.11. The summed E-state index contributed by atoms with van der Waals surface area (Å²) >= 11 is 0. The second-order valence-corrected chi connectivity index (χ2v) is 4.16. The van der Waals surface area contributed by atoms with Gasteiger partial charge in [-0.3, -0.25) is 4.79 Å². The molecule has 2 heteroatoms. The van der Waals surface area contributed by atoms with Gasteiger partial charge in [0.25, 0.3) is 5.91 Å². The maximum absolute atomic E-state index is 11.9. The van der Waals surface area contributed by atoms with Crippen molar-refractivity contribution in [2.45, 2.75) is 33.2 Å². The first-order valence-corrected chi connectivity index (χ1v) is 5.35. The number of benzene rings is 1. The normalized spacial score (nSPS) is 11.6. The van der Waals surface area contributed by atoms with E-state index >= 15 is 0 Å². The molecule has 84 valence electrons. The number of aryl methyl sites for hydroxylation is 2. The molecule has 1 rings (SSSR count). The number of hydrogen-bond acceptors (Lipinski definition) is 1. The first kappa shape index (κ1) is 12.3. The third-order valence-electron chi connectivity index (χ3n) is 2.29. The number of carbonyl (C=O) groups excluding carboxylic acids is 1. The van der Waals surface area contributed by atoms with Gasteiger partial charge in [-0.1, -0.05) is 17.2 Å². The van der Waals surface area contributed by atoms with E-state index in [-0.39, 0.29) is 11.9 Å². The van der Waals surface area contributed by atoms with Gasteiger partial charge in [-0.05, 0) is 32.9 Å². The Morgan fingerprint density at radius 3 is 2.44 bits per heavy atom. The highest BCUT2D eigenvalue weighted by Crippen LogP contribution is 2.09. The van der Waals surface area contributed by atoms with Crippen molar-refractivity contribution in [2.75, 3.05) is 0 Å². The molecule has 0 spiro atoms. The molecule has 1 aromatic carbocycles. The molecule has 0 aliphatic rings. The predicted octanol–water partition coefficient (Wildman–Crippen LogP) is 2.45. The highest BCUT2D eigenvalue weighted by Gasteiger charge is 2.09. The van der Waals surface area contributed by atoms with Crippen LogP contribution in [0.4, 0.5) is 0 Å². The van der Waals surface area contributed by atoms with Crippen LogP contribution >= 0.6 is 0 Å². The fourth-order valence-electron chi connectivity index (χ4n) is 1.64.